The first-order valence-electron chi connectivity index (χ1n) is 9.80. The highest BCUT2D eigenvalue weighted by molar-refractivity contribution is 5.66. The third-order valence-electron chi connectivity index (χ3n) is 5.24. The molecule has 3 aromatic rings. The number of aryl methyl sites for hydroxylation is 1. The number of benzene rings is 1. The Labute approximate surface area is 175 Å². The molecule has 30 heavy (non-hydrogen) atoms. The molecule has 1 aliphatic carbocycles. The molecule has 0 bridgehead atoms. The van der Waals surface area contributed by atoms with E-state index in [1.54, 1.807) is 39.7 Å². The fourth-order valence-corrected chi connectivity index (χ4v) is 3.57. The average Bonchev–Trinajstić information content (AvgIpc) is 3.52. The van der Waals surface area contributed by atoms with Gasteiger partial charge in [-0.25, -0.2) is 4.98 Å². The van der Waals surface area contributed by atoms with E-state index in [2.05, 4.69) is 16.5 Å². The van der Waals surface area contributed by atoms with Gasteiger partial charge in [-0.1, -0.05) is 0 Å². The Bertz CT molecular complexity index is 1030. The monoisotopic (exact) mass is 410 g/mol. The fourth-order valence-electron chi connectivity index (χ4n) is 3.57. The SMILES string of the molecule is COc1cc(Nc2ncc(C)c(-n3cc(CO)c(C4CC4)c3)n2)cc(OC)c1OC. The van der Waals surface area contributed by atoms with Crippen LogP contribution >= 0.6 is 0 Å². The van der Waals surface area contributed by atoms with Crippen LogP contribution in [0.1, 0.15) is 35.4 Å². The predicted molar refractivity (Wildman–Crippen MR) is 113 cm³/mol. The van der Waals surface area contributed by atoms with Gasteiger partial charge in [0, 0.05) is 42.0 Å². The summed E-state index contributed by atoms with van der Waals surface area (Å²) >= 11 is 0. The van der Waals surface area contributed by atoms with Crippen molar-refractivity contribution in [2.75, 3.05) is 26.6 Å². The standard InChI is InChI=1S/C22H26N4O4/c1-13-9-23-22(24-16-7-18(28-2)20(30-4)19(8-16)29-3)25-21(13)26-10-15(12-27)17(11-26)14-5-6-14/h7-11,14,27H,5-6,12H2,1-4H3,(H,23,24,25). The highest BCUT2D eigenvalue weighted by Gasteiger charge is 2.27. The molecule has 0 aliphatic heterocycles. The van der Waals surface area contributed by atoms with E-state index in [1.807, 2.05) is 17.7 Å². The lowest BCUT2D eigenvalue weighted by Gasteiger charge is -2.15. The van der Waals surface area contributed by atoms with Gasteiger partial charge in [0.15, 0.2) is 11.5 Å². The van der Waals surface area contributed by atoms with E-state index in [-0.39, 0.29) is 6.61 Å². The quantitative estimate of drug-likeness (QED) is 0.585. The molecular formula is C22H26N4O4. The first kappa shape index (κ1) is 20.0. The number of nitrogens with one attached hydrogen (secondary N) is 1. The summed E-state index contributed by atoms with van der Waals surface area (Å²) in [5, 5.41) is 12.9. The maximum Gasteiger partial charge on any atom is 0.229 e. The number of methoxy groups -OCH3 is 3. The zero-order chi connectivity index (χ0) is 21.3. The summed E-state index contributed by atoms with van der Waals surface area (Å²) in [6.07, 6.45) is 8.15. The lowest BCUT2D eigenvalue weighted by atomic mass is 10.1. The molecule has 8 nitrogen and oxygen atoms in total. The number of aliphatic hydroxyl groups excluding tert-OH is 1. The largest absolute Gasteiger partial charge is 0.493 e. The number of hydrogen-bond acceptors (Lipinski definition) is 7. The van der Waals surface area contributed by atoms with Crippen molar-refractivity contribution in [3.8, 4) is 23.1 Å². The topological polar surface area (TPSA) is 90.7 Å². The van der Waals surface area contributed by atoms with Crippen molar-refractivity contribution in [1.82, 2.24) is 14.5 Å². The number of anilines is 2. The van der Waals surface area contributed by atoms with Crippen molar-refractivity contribution in [3.05, 3.63) is 47.4 Å². The smallest absolute Gasteiger partial charge is 0.229 e. The Morgan fingerprint density at radius 2 is 1.80 bits per heavy atom. The highest BCUT2D eigenvalue weighted by Crippen LogP contribution is 2.43. The van der Waals surface area contributed by atoms with Crippen LogP contribution in [-0.4, -0.2) is 41.0 Å². The fraction of sp³-hybridized carbons (Fsp3) is 0.364. The molecule has 8 heteroatoms. The van der Waals surface area contributed by atoms with Crippen LogP contribution in [0.4, 0.5) is 11.6 Å². The number of aliphatic hydroxyl groups is 1. The molecule has 4 rings (SSSR count). The molecule has 0 spiro atoms. The Morgan fingerprint density at radius 1 is 1.10 bits per heavy atom. The minimum atomic E-state index is 0.0273. The zero-order valence-electron chi connectivity index (χ0n) is 17.6. The zero-order valence-corrected chi connectivity index (χ0v) is 17.6. The maximum atomic E-state index is 9.72. The Kier molecular flexibility index (Phi) is 5.50. The third kappa shape index (κ3) is 3.78. The van der Waals surface area contributed by atoms with Gasteiger partial charge in [-0.3, -0.25) is 0 Å². The second kappa shape index (κ2) is 8.23. The maximum absolute atomic E-state index is 9.72. The van der Waals surface area contributed by atoms with Gasteiger partial charge in [-0.15, -0.1) is 0 Å². The van der Waals surface area contributed by atoms with E-state index in [0.29, 0.717) is 34.8 Å². The molecule has 0 atom stereocenters. The molecule has 1 fully saturated rings. The van der Waals surface area contributed by atoms with Crippen molar-refractivity contribution in [1.29, 1.82) is 0 Å². The molecule has 1 saturated carbocycles. The summed E-state index contributed by atoms with van der Waals surface area (Å²) in [7, 11) is 4.71. The van der Waals surface area contributed by atoms with Gasteiger partial charge in [-0.05, 0) is 36.8 Å². The molecule has 0 radical (unpaired) electrons. The highest BCUT2D eigenvalue weighted by atomic mass is 16.5. The molecule has 0 saturated heterocycles. The second-order valence-corrected chi connectivity index (χ2v) is 7.32. The normalized spacial score (nSPS) is 13.2. The molecule has 0 amide bonds. The van der Waals surface area contributed by atoms with E-state index in [9.17, 15) is 5.11 Å². The molecule has 0 unspecified atom stereocenters. The number of hydrogen-bond donors (Lipinski definition) is 2. The van der Waals surface area contributed by atoms with Crippen LogP contribution < -0.4 is 19.5 Å². The molecule has 1 aliphatic rings. The van der Waals surface area contributed by atoms with Crippen molar-refractivity contribution < 1.29 is 19.3 Å². The number of rotatable bonds is 8. The van der Waals surface area contributed by atoms with Crippen LogP contribution in [0.5, 0.6) is 17.2 Å². The summed E-state index contributed by atoms with van der Waals surface area (Å²) in [6.45, 7) is 1.99. The Hall–Kier alpha value is -3.26. The number of nitrogens with zero attached hydrogens (tertiary/aromatic N) is 3. The number of aromatic nitrogens is 3. The number of ether oxygens (including phenoxy) is 3. The van der Waals surface area contributed by atoms with Crippen molar-refractivity contribution >= 4 is 11.6 Å². The lowest BCUT2D eigenvalue weighted by Crippen LogP contribution is -2.05. The van der Waals surface area contributed by atoms with E-state index < -0.39 is 0 Å². The molecule has 2 aromatic heterocycles. The first-order chi connectivity index (χ1) is 14.6. The van der Waals surface area contributed by atoms with Crippen LogP contribution in [0, 0.1) is 6.92 Å². The predicted octanol–water partition coefficient (Wildman–Crippen LogP) is 3.71. The third-order valence-corrected chi connectivity index (χ3v) is 5.24. The van der Waals surface area contributed by atoms with E-state index >= 15 is 0 Å². The summed E-state index contributed by atoms with van der Waals surface area (Å²) in [5.74, 6) is 3.36. The minimum absolute atomic E-state index is 0.0273. The van der Waals surface area contributed by atoms with E-state index in [1.165, 1.54) is 18.4 Å². The molecule has 158 valence electrons. The summed E-state index contributed by atoms with van der Waals surface area (Å²) in [4.78, 5) is 9.12. The van der Waals surface area contributed by atoms with Gasteiger partial charge in [0.2, 0.25) is 11.7 Å². The second-order valence-electron chi connectivity index (χ2n) is 7.32. The van der Waals surface area contributed by atoms with Crippen LogP contribution in [0.2, 0.25) is 0 Å². The molecule has 2 heterocycles. The molecule has 1 aromatic carbocycles. The lowest BCUT2D eigenvalue weighted by molar-refractivity contribution is 0.281. The van der Waals surface area contributed by atoms with Crippen molar-refractivity contribution in [2.45, 2.75) is 32.3 Å². The van der Waals surface area contributed by atoms with Crippen LogP contribution in [0.15, 0.2) is 30.7 Å². The summed E-state index contributed by atoms with van der Waals surface area (Å²) < 4.78 is 18.2. The molecular weight excluding hydrogens is 384 g/mol. The Balaban J connectivity index is 1.68. The van der Waals surface area contributed by atoms with E-state index in [0.717, 1.165) is 16.9 Å². The molecule has 2 N–H and O–H groups in total. The van der Waals surface area contributed by atoms with Crippen molar-refractivity contribution in [2.24, 2.45) is 0 Å². The van der Waals surface area contributed by atoms with Gasteiger partial charge in [0.1, 0.15) is 5.82 Å². The average molecular weight is 410 g/mol. The van der Waals surface area contributed by atoms with Gasteiger partial charge in [0.25, 0.3) is 0 Å². The van der Waals surface area contributed by atoms with Gasteiger partial charge >= 0.3 is 0 Å². The summed E-state index contributed by atoms with van der Waals surface area (Å²) in [5.41, 5.74) is 3.80. The van der Waals surface area contributed by atoms with Crippen LogP contribution in [0.3, 0.4) is 0 Å². The van der Waals surface area contributed by atoms with Crippen LogP contribution in [0.25, 0.3) is 5.82 Å². The van der Waals surface area contributed by atoms with E-state index in [4.69, 9.17) is 19.2 Å². The van der Waals surface area contributed by atoms with Crippen LogP contribution in [-0.2, 0) is 6.61 Å². The van der Waals surface area contributed by atoms with Gasteiger partial charge in [0.05, 0.1) is 27.9 Å². The minimum Gasteiger partial charge on any atom is -0.493 e. The van der Waals surface area contributed by atoms with Gasteiger partial charge in [-0.2, -0.15) is 4.98 Å². The van der Waals surface area contributed by atoms with Crippen molar-refractivity contribution in [3.63, 3.8) is 0 Å². The van der Waals surface area contributed by atoms with Gasteiger partial charge < -0.3 is 29.2 Å². The summed E-state index contributed by atoms with van der Waals surface area (Å²) in [6, 6.07) is 3.60. The first-order valence-corrected chi connectivity index (χ1v) is 9.80. The Morgan fingerprint density at radius 3 is 2.37 bits per heavy atom.